The van der Waals surface area contributed by atoms with Crippen LogP contribution in [-0.2, 0) is 4.74 Å². The minimum absolute atomic E-state index is 0.189. The third-order valence-electron chi connectivity index (χ3n) is 2.11. The summed E-state index contributed by atoms with van der Waals surface area (Å²) < 4.78 is 30.4. The van der Waals surface area contributed by atoms with Crippen LogP contribution in [0.2, 0.25) is 0 Å². The molecule has 0 N–H and O–H groups in total. The van der Waals surface area contributed by atoms with Crippen molar-refractivity contribution in [1.29, 1.82) is 0 Å². The Bertz CT molecular complexity index is 383. The quantitative estimate of drug-likeness (QED) is 0.557. The summed E-state index contributed by atoms with van der Waals surface area (Å²) in [4.78, 5) is 11.6. The molecule has 0 atom stereocenters. The van der Waals surface area contributed by atoms with E-state index in [0.717, 1.165) is 24.3 Å². The van der Waals surface area contributed by atoms with Gasteiger partial charge in [0.15, 0.2) is 17.4 Å². The van der Waals surface area contributed by atoms with Gasteiger partial charge in [-0.1, -0.05) is 0 Å². The molecule has 0 amide bonds. The molecule has 2 nitrogen and oxygen atoms in total. The van der Waals surface area contributed by atoms with Gasteiger partial charge in [0, 0.05) is 19.3 Å². The lowest BCUT2D eigenvalue weighted by molar-refractivity contribution is 0.102. The molecule has 1 aromatic carbocycles. The fourth-order valence-electron chi connectivity index (χ4n) is 1.22. The Morgan fingerprint density at radius 3 is 2.76 bits per heavy atom. The summed E-state index contributed by atoms with van der Waals surface area (Å²) in [5, 5.41) is 0. The highest BCUT2D eigenvalue weighted by Crippen LogP contribution is 2.12. The van der Waals surface area contributed by atoms with Crippen LogP contribution in [-0.4, -0.2) is 31.0 Å². The molecule has 0 fully saturated rings. The van der Waals surface area contributed by atoms with Gasteiger partial charge in [-0.15, -0.1) is 0 Å². The van der Waals surface area contributed by atoms with Crippen molar-refractivity contribution in [2.75, 3.05) is 25.2 Å². The fourth-order valence-corrected chi connectivity index (χ4v) is 2.04. The summed E-state index contributed by atoms with van der Waals surface area (Å²) in [6, 6.07) is 3.21. The van der Waals surface area contributed by atoms with E-state index in [1.165, 1.54) is 17.8 Å². The number of ether oxygens (including phenoxy) is 1. The lowest BCUT2D eigenvalue weighted by atomic mass is 10.1. The molecule has 0 aliphatic carbocycles. The van der Waals surface area contributed by atoms with Crippen LogP contribution in [0.3, 0.4) is 0 Å². The van der Waals surface area contributed by atoms with Crippen molar-refractivity contribution in [1.82, 2.24) is 0 Å². The molecular formula is C12H14F2O2S. The third kappa shape index (κ3) is 4.83. The molecule has 0 spiro atoms. The van der Waals surface area contributed by atoms with Crippen molar-refractivity contribution in [3.8, 4) is 0 Å². The topological polar surface area (TPSA) is 26.3 Å². The van der Waals surface area contributed by atoms with Gasteiger partial charge >= 0.3 is 0 Å². The van der Waals surface area contributed by atoms with Crippen LogP contribution in [0.5, 0.6) is 0 Å². The van der Waals surface area contributed by atoms with Crippen molar-refractivity contribution in [2.24, 2.45) is 0 Å². The van der Waals surface area contributed by atoms with Crippen molar-refractivity contribution >= 4 is 17.5 Å². The van der Waals surface area contributed by atoms with Crippen LogP contribution in [0.4, 0.5) is 8.78 Å². The van der Waals surface area contributed by atoms with Gasteiger partial charge in [0.05, 0.1) is 5.75 Å². The standard InChI is InChI=1S/C12H14F2O2S/c1-16-5-2-6-17-8-12(15)9-3-4-10(13)11(14)7-9/h3-4,7H,2,5-6,8H2,1H3. The van der Waals surface area contributed by atoms with Gasteiger partial charge in [0.25, 0.3) is 0 Å². The van der Waals surface area contributed by atoms with Crippen LogP contribution in [0.1, 0.15) is 16.8 Å². The molecule has 0 aliphatic heterocycles. The van der Waals surface area contributed by atoms with Crippen molar-refractivity contribution in [3.63, 3.8) is 0 Å². The molecule has 0 aliphatic rings. The fraction of sp³-hybridized carbons (Fsp3) is 0.417. The molecule has 17 heavy (non-hydrogen) atoms. The summed E-state index contributed by atoms with van der Waals surface area (Å²) in [5.74, 6) is -1.03. The first-order valence-corrected chi connectivity index (χ1v) is 6.35. The molecule has 0 aromatic heterocycles. The average Bonchev–Trinajstić information content (AvgIpc) is 2.32. The molecule has 1 rings (SSSR count). The number of Topliss-reactive ketones (excluding diaryl/α,β-unsaturated/α-hetero) is 1. The van der Waals surface area contributed by atoms with Crippen LogP contribution in [0, 0.1) is 11.6 Å². The molecule has 0 bridgehead atoms. The number of rotatable bonds is 7. The van der Waals surface area contributed by atoms with E-state index in [9.17, 15) is 13.6 Å². The number of methoxy groups -OCH3 is 1. The molecule has 0 unspecified atom stereocenters. The van der Waals surface area contributed by atoms with E-state index in [1.807, 2.05) is 0 Å². The lowest BCUT2D eigenvalue weighted by Gasteiger charge is -2.02. The summed E-state index contributed by atoms with van der Waals surface area (Å²) in [5.41, 5.74) is 0.211. The number of halogens is 2. The smallest absolute Gasteiger partial charge is 0.172 e. The maximum absolute atomic E-state index is 12.9. The highest BCUT2D eigenvalue weighted by atomic mass is 32.2. The normalized spacial score (nSPS) is 10.5. The Labute approximate surface area is 103 Å². The van der Waals surface area contributed by atoms with Crippen LogP contribution < -0.4 is 0 Å². The number of thioether (sulfide) groups is 1. The van der Waals surface area contributed by atoms with E-state index < -0.39 is 11.6 Å². The van der Waals surface area contributed by atoms with E-state index >= 15 is 0 Å². The lowest BCUT2D eigenvalue weighted by Crippen LogP contribution is -2.04. The Kier molecular flexibility index (Phi) is 6.15. The van der Waals surface area contributed by atoms with E-state index in [1.54, 1.807) is 7.11 Å². The maximum Gasteiger partial charge on any atom is 0.172 e. The zero-order valence-electron chi connectivity index (χ0n) is 9.54. The second kappa shape index (κ2) is 7.40. The van der Waals surface area contributed by atoms with Crippen molar-refractivity contribution in [3.05, 3.63) is 35.4 Å². The summed E-state index contributed by atoms with van der Waals surface area (Å²) in [6.07, 6.45) is 0.867. The zero-order chi connectivity index (χ0) is 12.7. The Morgan fingerprint density at radius 1 is 1.35 bits per heavy atom. The molecule has 0 saturated carbocycles. The molecule has 0 saturated heterocycles. The van der Waals surface area contributed by atoms with E-state index in [-0.39, 0.29) is 17.1 Å². The highest BCUT2D eigenvalue weighted by molar-refractivity contribution is 7.99. The SMILES string of the molecule is COCCCSCC(=O)c1ccc(F)c(F)c1. The number of ketones is 1. The van der Waals surface area contributed by atoms with Crippen molar-refractivity contribution in [2.45, 2.75) is 6.42 Å². The number of carbonyl (C=O) groups excluding carboxylic acids is 1. The molecule has 1 aromatic rings. The second-order valence-corrected chi connectivity index (χ2v) is 4.56. The average molecular weight is 260 g/mol. The molecular weight excluding hydrogens is 246 g/mol. The minimum atomic E-state index is -0.986. The third-order valence-corrected chi connectivity index (χ3v) is 3.16. The molecule has 94 valence electrons. The number of carbonyl (C=O) groups is 1. The van der Waals surface area contributed by atoms with Gasteiger partial charge in [0.1, 0.15) is 0 Å². The predicted octanol–water partition coefficient (Wildman–Crippen LogP) is 2.92. The van der Waals surface area contributed by atoms with Crippen molar-refractivity contribution < 1.29 is 18.3 Å². The Morgan fingerprint density at radius 2 is 2.12 bits per heavy atom. The minimum Gasteiger partial charge on any atom is -0.385 e. The summed E-state index contributed by atoms with van der Waals surface area (Å²) in [7, 11) is 1.62. The second-order valence-electron chi connectivity index (χ2n) is 3.45. The number of hydrogen-bond donors (Lipinski definition) is 0. The first-order valence-electron chi connectivity index (χ1n) is 5.20. The van der Waals surface area contributed by atoms with Gasteiger partial charge < -0.3 is 4.74 Å². The summed E-state index contributed by atoms with van der Waals surface area (Å²) in [6.45, 7) is 0.659. The Balaban J connectivity index is 2.39. The maximum atomic E-state index is 12.9. The number of benzene rings is 1. The van der Waals surface area contributed by atoms with Gasteiger partial charge in [0.2, 0.25) is 0 Å². The summed E-state index contributed by atoms with van der Waals surface area (Å²) >= 11 is 1.46. The van der Waals surface area contributed by atoms with Crippen LogP contribution in [0.15, 0.2) is 18.2 Å². The first kappa shape index (κ1) is 14.1. The molecule has 5 heteroatoms. The van der Waals surface area contributed by atoms with Crippen LogP contribution >= 0.6 is 11.8 Å². The predicted molar refractivity (Wildman–Crippen MR) is 64.5 cm³/mol. The van der Waals surface area contributed by atoms with Crippen LogP contribution in [0.25, 0.3) is 0 Å². The monoisotopic (exact) mass is 260 g/mol. The van der Waals surface area contributed by atoms with E-state index in [4.69, 9.17) is 4.74 Å². The largest absolute Gasteiger partial charge is 0.385 e. The van der Waals surface area contributed by atoms with Gasteiger partial charge in [-0.05, 0) is 30.4 Å². The first-order chi connectivity index (χ1) is 8.15. The highest BCUT2D eigenvalue weighted by Gasteiger charge is 2.09. The number of hydrogen-bond acceptors (Lipinski definition) is 3. The van der Waals surface area contributed by atoms with E-state index in [0.29, 0.717) is 6.61 Å². The molecule has 0 radical (unpaired) electrons. The Hall–Kier alpha value is -0.940. The van der Waals surface area contributed by atoms with Gasteiger partial charge in [-0.2, -0.15) is 11.8 Å². The van der Waals surface area contributed by atoms with Gasteiger partial charge in [-0.3, -0.25) is 4.79 Å². The van der Waals surface area contributed by atoms with E-state index in [2.05, 4.69) is 0 Å². The molecule has 0 heterocycles. The van der Waals surface area contributed by atoms with Gasteiger partial charge in [-0.25, -0.2) is 8.78 Å². The zero-order valence-corrected chi connectivity index (χ0v) is 10.4.